The molecule has 140 valence electrons. The number of methoxy groups -OCH3 is 1. The highest BCUT2D eigenvalue weighted by Gasteiger charge is 2.25. The Bertz CT molecular complexity index is 584. The molecule has 0 aromatic heterocycles. The minimum absolute atomic E-state index is 0. The number of nitrogens with two attached hydrogens (primary N) is 1. The molecule has 1 fully saturated rings. The Balaban J connectivity index is 0.00000312. The maximum atomic E-state index is 13.8. The van der Waals surface area contributed by atoms with Gasteiger partial charge in [-0.05, 0) is 18.6 Å². The maximum Gasteiger partial charge on any atom is 0.256 e. The minimum atomic E-state index is -0.523. The van der Waals surface area contributed by atoms with Crippen LogP contribution in [0.15, 0.2) is 24.3 Å². The van der Waals surface area contributed by atoms with Gasteiger partial charge in [-0.2, -0.15) is 0 Å². The third kappa shape index (κ3) is 5.66. The number of amides is 2. The highest BCUT2D eigenvalue weighted by Crippen LogP contribution is 2.13. The van der Waals surface area contributed by atoms with E-state index in [-0.39, 0.29) is 48.9 Å². The van der Waals surface area contributed by atoms with Gasteiger partial charge < -0.3 is 20.3 Å². The summed E-state index contributed by atoms with van der Waals surface area (Å²) in [5, 5.41) is 0. The van der Waals surface area contributed by atoms with Crippen LogP contribution in [0.25, 0.3) is 0 Å². The molecule has 0 saturated carbocycles. The summed E-state index contributed by atoms with van der Waals surface area (Å²) in [7, 11) is 1.53. The second kappa shape index (κ2) is 10.3. The first-order valence-electron chi connectivity index (χ1n) is 8.11. The summed E-state index contributed by atoms with van der Waals surface area (Å²) in [5.74, 6) is -0.892. The molecule has 0 spiro atoms. The van der Waals surface area contributed by atoms with Gasteiger partial charge in [-0.25, -0.2) is 4.39 Å². The zero-order chi connectivity index (χ0) is 17.5. The van der Waals surface area contributed by atoms with Crippen LogP contribution in [0.4, 0.5) is 4.39 Å². The van der Waals surface area contributed by atoms with Gasteiger partial charge in [0.2, 0.25) is 5.91 Å². The van der Waals surface area contributed by atoms with E-state index in [0.29, 0.717) is 32.6 Å². The van der Waals surface area contributed by atoms with E-state index in [1.54, 1.807) is 21.9 Å². The summed E-state index contributed by atoms with van der Waals surface area (Å²) in [4.78, 5) is 28.1. The number of benzene rings is 1. The van der Waals surface area contributed by atoms with Gasteiger partial charge in [0.05, 0.1) is 18.1 Å². The van der Waals surface area contributed by atoms with Crippen molar-refractivity contribution in [3.8, 4) is 0 Å². The van der Waals surface area contributed by atoms with Gasteiger partial charge in [0, 0.05) is 39.8 Å². The van der Waals surface area contributed by atoms with Crippen LogP contribution in [0, 0.1) is 5.82 Å². The second-order valence-corrected chi connectivity index (χ2v) is 5.80. The number of hydrogen-bond donors (Lipinski definition) is 1. The van der Waals surface area contributed by atoms with Crippen molar-refractivity contribution in [2.75, 3.05) is 39.8 Å². The molecule has 2 rings (SSSR count). The molecule has 1 aliphatic rings. The molecule has 1 aliphatic heterocycles. The molecule has 1 saturated heterocycles. The molecule has 1 atom stereocenters. The lowest BCUT2D eigenvalue weighted by Crippen LogP contribution is -2.39. The van der Waals surface area contributed by atoms with E-state index in [1.807, 2.05) is 0 Å². The summed E-state index contributed by atoms with van der Waals surface area (Å²) < 4.78 is 18.9. The summed E-state index contributed by atoms with van der Waals surface area (Å²) >= 11 is 0. The van der Waals surface area contributed by atoms with Crippen molar-refractivity contribution < 1.29 is 18.7 Å². The Morgan fingerprint density at radius 1 is 1.20 bits per heavy atom. The monoisotopic (exact) mass is 373 g/mol. The largest absolute Gasteiger partial charge is 0.380 e. The number of ether oxygens (including phenoxy) is 1. The quantitative estimate of drug-likeness (QED) is 0.843. The predicted octanol–water partition coefficient (Wildman–Crippen LogP) is 1.29. The van der Waals surface area contributed by atoms with E-state index in [1.165, 1.54) is 19.2 Å². The summed E-state index contributed by atoms with van der Waals surface area (Å²) in [6.45, 7) is 2.18. The first-order valence-corrected chi connectivity index (χ1v) is 8.11. The van der Waals surface area contributed by atoms with Crippen molar-refractivity contribution in [1.82, 2.24) is 9.80 Å². The molecule has 8 heteroatoms. The Labute approximate surface area is 153 Å². The van der Waals surface area contributed by atoms with Gasteiger partial charge >= 0.3 is 0 Å². The first kappa shape index (κ1) is 21.3. The van der Waals surface area contributed by atoms with Crippen LogP contribution in [0.3, 0.4) is 0 Å². The fourth-order valence-electron chi connectivity index (χ4n) is 2.76. The standard InChI is InChI=1S/C17H24FN3O3.ClH/c1-24-13(12-19)11-16(22)20-7-4-8-21(10-9-20)17(23)14-5-2-3-6-15(14)18;/h2-3,5-6,13H,4,7-12,19H2,1H3;1H. The summed E-state index contributed by atoms with van der Waals surface area (Å²) in [5.41, 5.74) is 5.62. The fraction of sp³-hybridized carbons (Fsp3) is 0.529. The van der Waals surface area contributed by atoms with Gasteiger partial charge in [-0.1, -0.05) is 12.1 Å². The molecule has 0 bridgehead atoms. The summed E-state index contributed by atoms with van der Waals surface area (Å²) in [6.07, 6.45) is 0.595. The van der Waals surface area contributed by atoms with Crippen molar-refractivity contribution >= 4 is 24.2 Å². The molecule has 1 aromatic carbocycles. The van der Waals surface area contributed by atoms with Crippen LogP contribution in [0.5, 0.6) is 0 Å². The van der Waals surface area contributed by atoms with Crippen LogP contribution >= 0.6 is 12.4 Å². The van der Waals surface area contributed by atoms with E-state index < -0.39 is 5.82 Å². The van der Waals surface area contributed by atoms with Crippen molar-refractivity contribution in [2.24, 2.45) is 5.73 Å². The van der Waals surface area contributed by atoms with Crippen molar-refractivity contribution in [1.29, 1.82) is 0 Å². The lowest BCUT2D eigenvalue weighted by atomic mass is 10.2. The topological polar surface area (TPSA) is 75.9 Å². The summed E-state index contributed by atoms with van der Waals surface area (Å²) in [6, 6.07) is 5.95. The molecule has 0 aliphatic carbocycles. The van der Waals surface area contributed by atoms with Gasteiger partial charge in [0.25, 0.3) is 5.91 Å². The van der Waals surface area contributed by atoms with Crippen molar-refractivity contribution in [3.63, 3.8) is 0 Å². The molecule has 25 heavy (non-hydrogen) atoms. The van der Waals surface area contributed by atoms with Crippen LogP contribution in [0.2, 0.25) is 0 Å². The maximum absolute atomic E-state index is 13.8. The number of rotatable bonds is 5. The molecule has 2 N–H and O–H groups in total. The molecule has 1 heterocycles. The third-order valence-corrected chi connectivity index (χ3v) is 4.24. The van der Waals surface area contributed by atoms with E-state index >= 15 is 0 Å². The zero-order valence-corrected chi connectivity index (χ0v) is 15.1. The van der Waals surface area contributed by atoms with E-state index in [0.717, 1.165) is 0 Å². The minimum Gasteiger partial charge on any atom is -0.380 e. The zero-order valence-electron chi connectivity index (χ0n) is 14.3. The van der Waals surface area contributed by atoms with Gasteiger partial charge in [-0.3, -0.25) is 9.59 Å². The van der Waals surface area contributed by atoms with Crippen LogP contribution in [-0.2, 0) is 9.53 Å². The fourth-order valence-corrected chi connectivity index (χ4v) is 2.76. The lowest BCUT2D eigenvalue weighted by molar-refractivity contribution is -0.133. The van der Waals surface area contributed by atoms with Crippen LogP contribution in [-0.4, -0.2) is 67.6 Å². The molecule has 6 nitrogen and oxygen atoms in total. The normalized spacial score (nSPS) is 16.0. The van der Waals surface area contributed by atoms with Crippen molar-refractivity contribution in [2.45, 2.75) is 18.9 Å². The smallest absolute Gasteiger partial charge is 0.256 e. The molecule has 1 unspecified atom stereocenters. The van der Waals surface area contributed by atoms with Crippen LogP contribution in [0.1, 0.15) is 23.2 Å². The molecular weight excluding hydrogens is 349 g/mol. The average Bonchev–Trinajstić information content (AvgIpc) is 2.85. The Kier molecular flexibility index (Phi) is 8.82. The van der Waals surface area contributed by atoms with Gasteiger partial charge in [0.15, 0.2) is 0 Å². The lowest BCUT2D eigenvalue weighted by Gasteiger charge is -2.23. The molecule has 2 amide bonds. The highest BCUT2D eigenvalue weighted by molar-refractivity contribution is 5.94. The first-order chi connectivity index (χ1) is 11.6. The predicted molar refractivity (Wildman–Crippen MR) is 95.2 cm³/mol. The van der Waals surface area contributed by atoms with Gasteiger partial charge in [-0.15, -0.1) is 12.4 Å². The number of nitrogens with zero attached hydrogens (tertiary/aromatic N) is 2. The van der Waals surface area contributed by atoms with Crippen molar-refractivity contribution in [3.05, 3.63) is 35.6 Å². The Morgan fingerprint density at radius 3 is 2.48 bits per heavy atom. The number of carbonyl (C=O) groups is 2. The molecule has 0 radical (unpaired) electrons. The average molecular weight is 374 g/mol. The molecule has 1 aromatic rings. The second-order valence-electron chi connectivity index (χ2n) is 5.80. The van der Waals surface area contributed by atoms with E-state index in [9.17, 15) is 14.0 Å². The third-order valence-electron chi connectivity index (χ3n) is 4.24. The van der Waals surface area contributed by atoms with Gasteiger partial charge in [0.1, 0.15) is 5.82 Å². The molecular formula is C17H25ClFN3O3. The number of halogens is 2. The van der Waals surface area contributed by atoms with E-state index in [4.69, 9.17) is 10.5 Å². The van der Waals surface area contributed by atoms with Crippen LogP contribution < -0.4 is 5.73 Å². The Morgan fingerprint density at radius 2 is 1.84 bits per heavy atom. The number of carbonyl (C=O) groups excluding carboxylic acids is 2. The number of hydrogen-bond acceptors (Lipinski definition) is 4. The Hall–Kier alpha value is -1.70. The van der Waals surface area contributed by atoms with E-state index in [2.05, 4.69) is 0 Å². The SMILES string of the molecule is COC(CN)CC(=O)N1CCCN(C(=O)c2ccccc2F)CC1.Cl. The highest BCUT2D eigenvalue weighted by atomic mass is 35.5.